The van der Waals surface area contributed by atoms with Crippen LogP contribution < -0.4 is 5.73 Å². The van der Waals surface area contributed by atoms with E-state index in [2.05, 4.69) is 44.8 Å². The van der Waals surface area contributed by atoms with Crippen LogP contribution in [-0.4, -0.2) is 10.5 Å². The predicted octanol–water partition coefficient (Wildman–Crippen LogP) is 2.95. The van der Waals surface area contributed by atoms with Gasteiger partial charge in [-0.05, 0) is 30.9 Å². The van der Waals surface area contributed by atoms with Gasteiger partial charge in [0.2, 0.25) is 0 Å². The molecule has 1 aromatic heterocycles. The van der Waals surface area contributed by atoms with E-state index in [0.717, 1.165) is 25.0 Å². The largest absolute Gasteiger partial charge is 0.325 e. The maximum absolute atomic E-state index is 6.33. The van der Waals surface area contributed by atoms with Crippen molar-refractivity contribution in [3.8, 4) is 0 Å². The van der Waals surface area contributed by atoms with Crippen molar-refractivity contribution < 1.29 is 0 Å². The summed E-state index contributed by atoms with van der Waals surface area (Å²) in [5.41, 5.74) is 8.56. The fourth-order valence-corrected chi connectivity index (χ4v) is 1.80. The molecule has 0 radical (unpaired) electrons. The molecule has 0 aliphatic heterocycles. The maximum atomic E-state index is 6.33. The Morgan fingerprint density at radius 1 is 1.38 bits per heavy atom. The molecule has 1 aromatic rings. The van der Waals surface area contributed by atoms with E-state index in [4.69, 9.17) is 5.73 Å². The Bertz CT molecular complexity index is 314. The number of pyridine rings is 1. The van der Waals surface area contributed by atoms with E-state index in [-0.39, 0.29) is 5.54 Å². The Balaban J connectivity index is 2.72. The zero-order valence-corrected chi connectivity index (χ0v) is 11.0. The summed E-state index contributed by atoms with van der Waals surface area (Å²) in [4.78, 5) is 4.47. The molecule has 0 spiro atoms. The average Bonchev–Trinajstić information content (AvgIpc) is 2.28. The lowest BCUT2D eigenvalue weighted by Gasteiger charge is -2.30. The molecule has 0 amide bonds. The molecule has 2 N–H and O–H groups in total. The smallest absolute Gasteiger partial charge is 0.0422 e. The van der Waals surface area contributed by atoms with E-state index in [1.807, 2.05) is 6.20 Å². The fraction of sp³-hybridized carbons (Fsp3) is 0.643. The fourth-order valence-electron chi connectivity index (χ4n) is 1.80. The van der Waals surface area contributed by atoms with Crippen LogP contribution in [-0.2, 0) is 12.8 Å². The summed E-state index contributed by atoms with van der Waals surface area (Å²) < 4.78 is 0. The molecular weight excluding hydrogens is 196 g/mol. The van der Waals surface area contributed by atoms with Crippen molar-refractivity contribution in [3.63, 3.8) is 0 Å². The maximum Gasteiger partial charge on any atom is 0.0422 e. The summed E-state index contributed by atoms with van der Waals surface area (Å²) in [6, 6.07) is 4.25. The summed E-state index contributed by atoms with van der Waals surface area (Å²) in [6.07, 6.45) is 4.96. The van der Waals surface area contributed by atoms with Crippen LogP contribution in [0.5, 0.6) is 0 Å². The minimum absolute atomic E-state index is 0.157. The van der Waals surface area contributed by atoms with E-state index in [1.165, 1.54) is 5.56 Å². The van der Waals surface area contributed by atoms with Gasteiger partial charge in [0.1, 0.15) is 0 Å². The molecule has 2 heteroatoms. The molecule has 0 bridgehead atoms. The Morgan fingerprint density at radius 2 is 2.06 bits per heavy atom. The number of rotatable bonds is 5. The second-order valence-electron chi connectivity index (χ2n) is 5.00. The van der Waals surface area contributed by atoms with Gasteiger partial charge in [-0.15, -0.1) is 0 Å². The van der Waals surface area contributed by atoms with Crippen molar-refractivity contribution in [1.29, 1.82) is 0 Å². The van der Waals surface area contributed by atoms with E-state index in [1.54, 1.807) is 0 Å². The molecule has 0 aliphatic rings. The van der Waals surface area contributed by atoms with Crippen LogP contribution in [0.3, 0.4) is 0 Å². The van der Waals surface area contributed by atoms with Gasteiger partial charge in [-0.1, -0.05) is 33.3 Å². The summed E-state index contributed by atoms with van der Waals surface area (Å²) in [5.74, 6) is 0.514. The monoisotopic (exact) mass is 220 g/mol. The van der Waals surface area contributed by atoms with Gasteiger partial charge >= 0.3 is 0 Å². The van der Waals surface area contributed by atoms with Crippen molar-refractivity contribution in [3.05, 3.63) is 29.6 Å². The molecule has 1 rings (SSSR count). The summed E-state index contributed by atoms with van der Waals surface area (Å²) in [7, 11) is 0. The number of nitrogens with zero attached hydrogens (tertiary/aromatic N) is 1. The van der Waals surface area contributed by atoms with Crippen molar-refractivity contribution in [2.45, 2.75) is 52.5 Å². The van der Waals surface area contributed by atoms with Crippen molar-refractivity contribution >= 4 is 0 Å². The Labute approximate surface area is 99.3 Å². The molecule has 2 atom stereocenters. The standard InChI is InChI=1S/C14H24N2/c1-5-11(3)14(4,15)9-13-8-7-12(6-2)10-16-13/h7-8,10-11H,5-6,9,15H2,1-4H3. The number of aryl methyl sites for hydroxylation is 1. The number of aromatic nitrogens is 1. The topological polar surface area (TPSA) is 38.9 Å². The zero-order chi connectivity index (χ0) is 12.2. The average molecular weight is 220 g/mol. The van der Waals surface area contributed by atoms with Crippen LogP contribution in [0.15, 0.2) is 18.3 Å². The molecule has 0 saturated heterocycles. The van der Waals surface area contributed by atoms with Crippen molar-refractivity contribution in [2.24, 2.45) is 11.7 Å². The minimum Gasteiger partial charge on any atom is -0.325 e. The van der Waals surface area contributed by atoms with Gasteiger partial charge in [0.05, 0.1) is 0 Å². The van der Waals surface area contributed by atoms with Crippen LogP contribution in [0.1, 0.15) is 45.4 Å². The second kappa shape index (κ2) is 5.44. The first-order valence-electron chi connectivity index (χ1n) is 6.22. The third-order valence-corrected chi connectivity index (χ3v) is 3.59. The second-order valence-corrected chi connectivity index (χ2v) is 5.00. The van der Waals surface area contributed by atoms with Crippen LogP contribution in [0, 0.1) is 5.92 Å². The van der Waals surface area contributed by atoms with Crippen LogP contribution in [0.25, 0.3) is 0 Å². The molecular formula is C14H24N2. The van der Waals surface area contributed by atoms with Gasteiger partial charge in [0.15, 0.2) is 0 Å². The quantitative estimate of drug-likeness (QED) is 0.828. The van der Waals surface area contributed by atoms with Crippen molar-refractivity contribution in [1.82, 2.24) is 4.98 Å². The predicted molar refractivity (Wildman–Crippen MR) is 69.4 cm³/mol. The molecule has 2 unspecified atom stereocenters. The van der Waals surface area contributed by atoms with Gasteiger partial charge < -0.3 is 5.73 Å². The normalized spacial score (nSPS) is 16.8. The Kier molecular flexibility index (Phi) is 4.48. The molecule has 0 fully saturated rings. The van der Waals surface area contributed by atoms with Crippen LogP contribution in [0.4, 0.5) is 0 Å². The molecule has 16 heavy (non-hydrogen) atoms. The van der Waals surface area contributed by atoms with Gasteiger partial charge in [0, 0.05) is 23.9 Å². The minimum atomic E-state index is -0.157. The van der Waals surface area contributed by atoms with Gasteiger partial charge in [-0.25, -0.2) is 0 Å². The SMILES string of the molecule is CCc1ccc(CC(C)(N)C(C)CC)nc1. The van der Waals surface area contributed by atoms with E-state index in [9.17, 15) is 0 Å². The van der Waals surface area contributed by atoms with E-state index >= 15 is 0 Å². The highest BCUT2D eigenvalue weighted by atomic mass is 14.8. The molecule has 1 heterocycles. The van der Waals surface area contributed by atoms with Gasteiger partial charge in [0.25, 0.3) is 0 Å². The molecule has 90 valence electrons. The number of hydrogen-bond donors (Lipinski definition) is 1. The first-order valence-corrected chi connectivity index (χ1v) is 6.22. The lowest BCUT2D eigenvalue weighted by molar-refractivity contribution is 0.304. The highest BCUT2D eigenvalue weighted by Gasteiger charge is 2.25. The highest BCUT2D eigenvalue weighted by molar-refractivity contribution is 5.15. The summed E-state index contributed by atoms with van der Waals surface area (Å²) in [5, 5.41) is 0. The Hall–Kier alpha value is -0.890. The first-order chi connectivity index (χ1) is 7.49. The lowest BCUT2D eigenvalue weighted by Crippen LogP contribution is -2.45. The third-order valence-electron chi connectivity index (χ3n) is 3.59. The number of nitrogens with two attached hydrogens (primary N) is 1. The van der Waals surface area contributed by atoms with Gasteiger partial charge in [-0.2, -0.15) is 0 Å². The molecule has 0 saturated carbocycles. The highest BCUT2D eigenvalue weighted by Crippen LogP contribution is 2.21. The lowest BCUT2D eigenvalue weighted by atomic mass is 9.82. The van der Waals surface area contributed by atoms with Gasteiger partial charge in [-0.3, -0.25) is 4.98 Å². The Morgan fingerprint density at radius 3 is 2.50 bits per heavy atom. The molecule has 0 aliphatic carbocycles. The number of hydrogen-bond acceptors (Lipinski definition) is 2. The van der Waals surface area contributed by atoms with E-state index < -0.39 is 0 Å². The summed E-state index contributed by atoms with van der Waals surface area (Å²) >= 11 is 0. The summed E-state index contributed by atoms with van der Waals surface area (Å²) in [6.45, 7) is 8.66. The van der Waals surface area contributed by atoms with Crippen LogP contribution in [0.2, 0.25) is 0 Å². The zero-order valence-electron chi connectivity index (χ0n) is 11.0. The van der Waals surface area contributed by atoms with E-state index in [0.29, 0.717) is 5.92 Å². The van der Waals surface area contributed by atoms with Crippen LogP contribution >= 0.6 is 0 Å². The first kappa shape index (κ1) is 13.2. The molecule has 0 aromatic carbocycles. The third kappa shape index (κ3) is 3.31. The molecule has 2 nitrogen and oxygen atoms in total. The van der Waals surface area contributed by atoms with Crippen molar-refractivity contribution in [2.75, 3.05) is 0 Å².